The molecule has 1 unspecified atom stereocenters. The molecule has 1 aromatic rings. The van der Waals surface area contributed by atoms with E-state index in [4.69, 9.17) is 0 Å². The van der Waals surface area contributed by atoms with E-state index in [1.54, 1.807) is 13.1 Å². The molecular formula is C15H24N4O. The first-order valence-electron chi connectivity index (χ1n) is 7.28. The molecule has 1 aromatic heterocycles. The monoisotopic (exact) mass is 276 g/mol. The van der Waals surface area contributed by atoms with Crippen molar-refractivity contribution in [2.24, 2.45) is 0 Å². The third-order valence-electron chi connectivity index (χ3n) is 3.58. The number of anilines is 1. The second kappa shape index (κ2) is 6.70. The lowest BCUT2D eigenvalue weighted by Gasteiger charge is -2.21. The smallest absolute Gasteiger partial charge is 0.251 e. The van der Waals surface area contributed by atoms with E-state index in [0.717, 1.165) is 31.1 Å². The largest absolute Gasteiger partial charge is 0.373 e. The fourth-order valence-electron chi connectivity index (χ4n) is 2.63. The molecule has 5 heteroatoms. The Bertz CT molecular complexity index is 469. The standard InChI is InChI=1S/C15H24N4O/c1-11-8-13(9-14(16-3)17-11)15(20)18-12(2)10-19-6-4-5-7-19/h8-9,12H,4-7,10H2,1-3H3,(H,16,17)(H,18,20). The Morgan fingerprint density at radius 3 is 2.75 bits per heavy atom. The average Bonchev–Trinajstić information content (AvgIpc) is 2.90. The zero-order valence-corrected chi connectivity index (χ0v) is 12.6. The topological polar surface area (TPSA) is 57.3 Å². The highest BCUT2D eigenvalue weighted by atomic mass is 16.1. The number of carbonyl (C=O) groups excluding carboxylic acids is 1. The SMILES string of the molecule is CNc1cc(C(=O)NC(C)CN2CCCC2)cc(C)n1. The molecule has 5 nitrogen and oxygen atoms in total. The molecule has 1 atom stereocenters. The number of nitrogens with zero attached hydrogens (tertiary/aromatic N) is 2. The van der Waals surface area contributed by atoms with E-state index in [9.17, 15) is 4.79 Å². The molecule has 1 saturated heterocycles. The lowest BCUT2D eigenvalue weighted by molar-refractivity contribution is 0.0931. The van der Waals surface area contributed by atoms with Gasteiger partial charge in [0.1, 0.15) is 5.82 Å². The summed E-state index contributed by atoms with van der Waals surface area (Å²) in [4.78, 5) is 19.0. The Balaban J connectivity index is 1.94. The third-order valence-corrected chi connectivity index (χ3v) is 3.58. The van der Waals surface area contributed by atoms with Gasteiger partial charge in [0.05, 0.1) is 0 Å². The minimum Gasteiger partial charge on any atom is -0.373 e. The first-order valence-corrected chi connectivity index (χ1v) is 7.28. The van der Waals surface area contributed by atoms with Gasteiger partial charge in [0, 0.05) is 30.9 Å². The van der Waals surface area contributed by atoms with Crippen LogP contribution in [0.4, 0.5) is 5.82 Å². The summed E-state index contributed by atoms with van der Waals surface area (Å²) in [7, 11) is 1.81. The molecule has 1 aliphatic heterocycles. The van der Waals surface area contributed by atoms with Crippen LogP contribution in [-0.2, 0) is 0 Å². The van der Waals surface area contributed by atoms with E-state index < -0.39 is 0 Å². The zero-order valence-electron chi connectivity index (χ0n) is 12.6. The highest BCUT2D eigenvalue weighted by molar-refractivity contribution is 5.95. The van der Waals surface area contributed by atoms with Crippen LogP contribution in [0.3, 0.4) is 0 Å². The van der Waals surface area contributed by atoms with Crippen molar-refractivity contribution in [3.63, 3.8) is 0 Å². The fraction of sp³-hybridized carbons (Fsp3) is 0.600. The number of nitrogens with one attached hydrogen (secondary N) is 2. The summed E-state index contributed by atoms with van der Waals surface area (Å²) < 4.78 is 0. The van der Waals surface area contributed by atoms with Crippen molar-refractivity contribution in [2.45, 2.75) is 32.7 Å². The van der Waals surface area contributed by atoms with Gasteiger partial charge in [0.2, 0.25) is 0 Å². The van der Waals surface area contributed by atoms with E-state index in [2.05, 4.69) is 27.4 Å². The number of likely N-dealkylation sites (tertiary alicyclic amines) is 1. The molecule has 0 spiro atoms. The molecule has 2 rings (SSSR count). The van der Waals surface area contributed by atoms with Gasteiger partial charge < -0.3 is 15.5 Å². The van der Waals surface area contributed by atoms with Gasteiger partial charge in [0.25, 0.3) is 5.91 Å². The maximum atomic E-state index is 12.3. The van der Waals surface area contributed by atoms with Gasteiger partial charge in [-0.3, -0.25) is 4.79 Å². The Labute approximate surface area is 120 Å². The second-order valence-electron chi connectivity index (χ2n) is 5.51. The van der Waals surface area contributed by atoms with Gasteiger partial charge in [-0.25, -0.2) is 4.98 Å². The molecule has 1 fully saturated rings. The van der Waals surface area contributed by atoms with Crippen molar-refractivity contribution in [2.75, 3.05) is 32.0 Å². The summed E-state index contributed by atoms with van der Waals surface area (Å²) in [5.41, 5.74) is 1.50. The normalized spacial score (nSPS) is 16.9. The predicted molar refractivity (Wildman–Crippen MR) is 81.1 cm³/mol. The highest BCUT2D eigenvalue weighted by Crippen LogP contribution is 2.11. The Kier molecular flexibility index (Phi) is 4.95. The molecule has 0 bridgehead atoms. The quantitative estimate of drug-likeness (QED) is 0.858. The lowest BCUT2D eigenvalue weighted by Crippen LogP contribution is -2.41. The van der Waals surface area contributed by atoms with Crippen LogP contribution in [0, 0.1) is 6.92 Å². The van der Waals surface area contributed by atoms with Crippen LogP contribution < -0.4 is 10.6 Å². The third kappa shape index (κ3) is 3.93. The van der Waals surface area contributed by atoms with Gasteiger partial charge in [-0.2, -0.15) is 0 Å². The molecule has 2 heterocycles. The average molecular weight is 276 g/mol. The van der Waals surface area contributed by atoms with E-state index >= 15 is 0 Å². The molecule has 1 amide bonds. The molecule has 0 aliphatic carbocycles. The van der Waals surface area contributed by atoms with E-state index in [1.807, 2.05) is 13.0 Å². The summed E-state index contributed by atoms with van der Waals surface area (Å²) >= 11 is 0. The Morgan fingerprint density at radius 1 is 1.40 bits per heavy atom. The zero-order chi connectivity index (χ0) is 14.5. The number of carbonyl (C=O) groups is 1. The number of aromatic nitrogens is 1. The van der Waals surface area contributed by atoms with Crippen molar-refractivity contribution in [3.8, 4) is 0 Å². The van der Waals surface area contributed by atoms with Gasteiger partial charge in [-0.05, 0) is 51.9 Å². The van der Waals surface area contributed by atoms with Crippen LogP contribution in [0.25, 0.3) is 0 Å². The maximum absolute atomic E-state index is 12.3. The van der Waals surface area contributed by atoms with Gasteiger partial charge in [-0.15, -0.1) is 0 Å². The first kappa shape index (κ1) is 14.8. The number of rotatable bonds is 5. The number of hydrogen-bond donors (Lipinski definition) is 2. The van der Waals surface area contributed by atoms with E-state index in [0.29, 0.717) is 5.56 Å². The fourth-order valence-corrected chi connectivity index (χ4v) is 2.63. The van der Waals surface area contributed by atoms with Crippen molar-refractivity contribution < 1.29 is 4.79 Å². The molecule has 0 saturated carbocycles. The number of aryl methyl sites for hydroxylation is 1. The first-order chi connectivity index (χ1) is 9.58. The molecular weight excluding hydrogens is 252 g/mol. The Morgan fingerprint density at radius 2 is 2.10 bits per heavy atom. The van der Waals surface area contributed by atoms with Crippen molar-refractivity contribution in [1.29, 1.82) is 0 Å². The van der Waals surface area contributed by atoms with Crippen LogP contribution >= 0.6 is 0 Å². The molecule has 0 aromatic carbocycles. The summed E-state index contributed by atoms with van der Waals surface area (Å²) in [6, 6.07) is 3.76. The molecule has 0 radical (unpaired) electrons. The molecule has 110 valence electrons. The highest BCUT2D eigenvalue weighted by Gasteiger charge is 2.17. The Hall–Kier alpha value is -1.62. The van der Waals surface area contributed by atoms with Crippen LogP contribution in [0.5, 0.6) is 0 Å². The van der Waals surface area contributed by atoms with Crippen molar-refractivity contribution >= 4 is 11.7 Å². The summed E-state index contributed by atoms with van der Waals surface area (Å²) in [5.74, 6) is 0.695. The summed E-state index contributed by atoms with van der Waals surface area (Å²) in [6.45, 7) is 7.18. The predicted octanol–water partition coefficient (Wildman–Crippen LogP) is 1.65. The lowest BCUT2D eigenvalue weighted by atomic mass is 10.2. The van der Waals surface area contributed by atoms with E-state index in [-0.39, 0.29) is 11.9 Å². The van der Waals surface area contributed by atoms with Gasteiger partial charge in [-0.1, -0.05) is 0 Å². The van der Waals surface area contributed by atoms with Crippen molar-refractivity contribution in [3.05, 3.63) is 23.4 Å². The van der Waals surface area contributed by atoms with Gasteiger partial charge >= 0.3 is 0 Å². The maximum Gasteiger partial charge on any atom is 0.251 e. The number of amides is 1. The molecule has 1 aliphatic rings. The van der Waals surface area contributed by atoms with Crippen LogP contribution in [0.15, 0.2) is 12.1 Å². The minimum atomic E-state index is -0.0290. The number of pyridine rings is 1. The molecule has 2 N–H and O–H groups in total. The van der Waals surface area contributed by atoms with Crippen LogP contribution in [0.2, 0.25) is 0 Å². The van der Waals surface area contributed by atoms with Crippen LogP contribution in [0.1, 0.15) is 35.8 Å². The summed E-state index contributed by atoms with van der Waals surface area (Å²) in [5, 5.41) is 6.04. The van der Waals surface area contributed by atoms with Gasteiger partial charge in [0.15, 0.2) is 0 Å². The number of hydrogen-bond acceptors (Lipinski definition) is 4. The van der Waals surface area contributed by atoms with Crippen molar-refractivity contribution in [1.82, 2.24) is 15.2 Å². The second-order valence-corrected chi connectivity index (χ2v) is 5.51. The van der Waals surface area contributed by atoms with Crippen LogP contribution in [-0.4, -0.2) is 48.5 Å². The summed E-state index contributed by atoms with van der Waals surface area (Å²) in [6.07, 6.45) is 2.55. The minimum absolute atomic E-state index is 0.0290. The van der Waals surface area contributed by atoms with E-state index in [1.165, 1.54) is 12.8 Å². The molecule has 20 heavy (non-hydrogen) atoms.